The Hall–Kier alpha value is -1.56. The van der Waals surface area contributed by atoms with Crippen LogP contribution in [-0.4, -0.2) is 23.2 Å². The van der Waals surface area contributed by atoms with Gasteiger partial charge in [-0.3, -0.25) is 4.79 Å². The number of halogens is 3. The average molecular weight is 315 g/mol. The van der Waals surface area contributed by atoms with Gasteiger partial charge in [-0.05, 0) is 44.2 Å². The van der Waals surface area contributed by atoms with Crippen molar-refractivity contribution >= 4 is 5.91 Å². The topological polar surface area (TPSA) is 49.3 Å². The number of amides is 1. The minimum Gasteiger partial charge on any atom is -0.392 e. The molecular formula is C16H20F3NO2. The molecule has 1 aliphatic rings. The predicted octanol–water partition coefficient (Wildman–Crippen LogP) is 2.91. The highest BCUT2D eigenvalue weighted by molar-refractivity contribution is 5.79. The molecule has 2 N–H and O–H groups in total. The van der Waals surface area contributed by atoms with Gasteiger partial charge in [-0.1, -0.05) is 18.2 Å². The third-order valence-electron chi connectivity index (χ3n) is 4.05. The zero-order valence-electron chi connectivity index (χ0n) is 12.4. The van der Waals surface area contributed by atoms with Gasteiger partial charge in [-0.25, -0.2) is 0 Å². The van der Waals surface area contributed by atoms with Crippen LogP contribution in [0.25, 0.3) is 0 Å². The molecule has 0 radical (unpaired) electrons. The molecule has 0 aliphatic heterocycles. The van der Waals surface area contributed by atoms with E-state index >= 15 is 0 Å². The summed E-state index contributed by atoms with van der Waals surface area (Å²) in [6, 6.07) is 4.95. The molecule has 6 heteroatoms. The van der Waals surface area contributed by atoms with Crippen LogP contribution >= 0.6 is 0 Å². The van der Waals surface area contributed by atoms with Crippen LogP contribution in [0.1, 0.15) is 37.3 Å². The van der Waals surface area contributed by atoms with Crippen molar-refractivity contribution in [3.05, 3.63) is 35.4 Å². The molecule has 1 aromatic carbocycles. The van der Waals surface area contributed by atoms with E-state index in [9.17, 15) is 23.1 Å². The van der Waals surface area contributed by atoms with Crippen LogP contribution in [0.15, 0.2) is 24.3 Å². The molecule has 3 nitrogen and oxygen atoms in total. The number of aliphatic hydroxyl groups is 1. The standard InChI is InChI=1S/C16H20F3NO2/c1-10(20-15(22)12-6-4-8-14(12)21)9-11-5-2-3-7-13(11)16(17,18)19/h2-3,5,7,10,12,14,21H,4,6,8-9H2,1H3,(H,20,22). The first-order valence-electron chi connectivity index (χ1n) is 7.42. The summed E-state index contributed by atoms with van der Waals surface area (Å²) in [6.45, 7) is 1.67. The number of carbonyl (C=O) groups is 1. The maximum absolute atomic E-state index is 12.9. The molecule has 1 fully saturated rings. The Kier molecular flexibility index (Phi) is 5.11. The smallest absolute Gasteiger partial charge is 0.392 e. The van der Waals surface area contributed by atoms with E-state index in [1.165, 1.54) is 12.1 Å². The molecule has 1 amide bonds. The molecule has 0 aromatic heterocycles. The van der Waals surface area contributed by atoms with E-state index in [-0.39, 0.29) is 17.9 Å². The lowest BCUT2D eigenvalue weighted by atomic mass is 9.99. The molecule has 1 aliphatic carbocycles. The Morgan fingerprint density at radius 1 is 1.36 bits per heavy atom. The Morgan fingerprint density at radius 2 is 2.05 bits per heavy atom. The van der Waals surface area contributed by atoms with Crippen LogP contribution in [0.4, 0.5) is 13.2 Å². The number of nitrogens with one attached hydrogen (secondary N) is 1. The van der Waals surface area contributed by atoms with Gasteiger partial charge in [0.2, 0.25) is 5.91 Å². The fourth-order valence-electron chi connectivity index (χ4n) is 2.95. The van der Waals surface area contributed by atoms with Gasteiger partial charge < -0.3 is 10.4 Å². The maximum Gasteiger partial charge on any atom is 0.416 e. The maximum atomic E-state index is 12.9. The average Bonchev–Trinajstić information content (AvgIpc) is 2.84. The van der Waals surface area contributed by atoms with E-state index in [1.54, 1.807) is 13.0 Å². The number of benzene rings is 1. The van der Waals surface area contributed by atoms with Gasteiger partial charge in [0.25, 0.3) is 0 Å². The summed E-state index contributed by atoms with van der Waals surface area (Å²) in [7, 11) is 0. The molecule has 3 atom stereocenters. The summed E-state index contributed by atoms with van der Waals surface area (Å²) in [4.78, 5) is 12.0. The highest BCUT2D eigenvalue weighted by Gasteiger charge is 2.34. The predicted molar refractivity (Wildman–Crippen MR) is 76.1 cm³/mol. The highest BCUT2D eigenvalue weighted by atomic mass is 19.4. The van der Waals surface area contributed by atoms with Gasteiger partial charge in [0.1, 0.15) is 0 Å². The van der Waals surface area contributed by atoms with Crippen molar-refractivity contribution in [2.24, 2.45) is 5.92 Å². The van der Waals surface area contributed by atoms with Crippen molar-refractivity contribution < 1.29 is 23.1 Å². The van der Waals surface area contributed by atoms with Crippen LogP contribution in [0.3, 0.4) is 0 Å². The number of rotatable bonds is 4. The second-order valence-corrected chi connectivity index (χ2v) is 5.87. The van der Waals surface area contributed by atoms with Crippen LogP contribution in [-0.2, 0) is 17.4 Å². The summed E-state index contributed by atoms with van der Waals surface area (Å²) < 4.78 is 38.8. The van der Waals surface area contributed by atoms with Crippen LogP contribution in [0, 0.1) is 5.92 Å². The third kappa shape index (κ3) is 4.00. The summed E-state index contributed by atoms with van der Waals surface area (Å²) in [6.07, 6.45) is -2.92. The van der Waals surface area contributed by atoms with E-state index in [2.05, 4.69) is 5.32 Å². The summed E-state index contributed by atoms with van der Waals surface area (Å²) in [5.41, 5.74) is -0.508. The first-order valence-corrected chi connectivity index (χ1v) is 7.42. The van der Waals surface area contributed by atoms with Gasteiger partial charge in [0.15, 0.2) is 0 Å². The van der Waals surface area contributed by atoms with Crippen LogP contribution < -0.4 is 5.32 Å². The third-order valence-corrected chi connectivity index (χ3v) is 4.05. The quantitative estimate of drug-likeness (QED) is 0.897. The van der Waals surface area contributed by atoms with Crippen molar-refractivity contribution in [3.8, 4) is 0 Å². The fourth-order valence-corrected chi connectivity index (χ4v) is 2.95. The lowest BCUT2D eigenvalue weighted by Gasteiger charge is -2.20. The van der Waals surface area contributed by atoms with Crippen LogP contribution in [0.2, 0.25) is 0 Å². The zero-order valence-corrected chi connectivity index (χ0v) is 12.4. The number of hydrogen-bond acceptors (Lipinski definition) is 2. The van der Waals surface area contributed by atoms with E-state index in [1.807, 2.05) is 0 Å². The molecule has 0 heterocycles. The van der Waals surface area contributed by atoms with Crippen molar-refractivity contribution in [1.29, 1.82) is 0 Å². The molecule has 2 rings (SSSR count). The second-order valence-electron chi connectivity index (χ2n) is 5.87. The van der Waals surface area contributed by atoms with Crippen molar-refractivity contribution in [3.63, 3.8) is 0 Å². The summed E-state index contributed by atoms with van der Waals surface area (Å²) in [5, 5.41) is 12.4. The molecule has 0 spiro atoms. The number of hydrogen-bond donors (Lipinski definition) is 2. The Balaban J connectivity index is 2.01. The minimum absolute atomic E-state index is 0.101. The molecule has 0 bridgehead atoms. The van der Waals surface area contributed by atoms with E-state index in [0.29, 0.717) is 12.8 Å². The minimum atomic E-state index is -4.40. The van der Waals surface area contributed by atoms with Gasteiger partial charge in [-0.15, -0.1) is 0 Å². The second kappa shape index (κ2) is 6.69. The van der Waals surface area contributed by atoms with E-state index < -0.39 is 29.8 Å². The molecule has 1 saturated carbocycles. The molecule has 22 heavy (non-hydrogen) atoms. The zero-order chi connectivity index (χ0) is 16.3. The van der Waals surface area contributed by atoms with Gasteiger partial charge >= 0.3 is 6.18 Å². The molecule has 0 saturated heterocycles. The molecular weight excluding hydrogens is 295 g/mol. The SMILES string of the molecule is CC(Cc1ccccc1C(F)(F)F)NC(=O)C1CCCC1O. The lowest BCUT2D eigenvalue weighted by Crippen LogP contribution is -2.41. The Labute approximate surface area is 127 Å². The van der Waals surface area contributed by atoms with Gasteiger partial charge in [-0.2, -0.15) is 13.2 Å². The van der Waals surface area contributed by atoms with Crippen molar-refractivity contribution in [2.45, 2.75) is 50.9 Å². The first kappa shape index (κ1) is 16.8. The van der Waals surface area contributed by atoms with E-state index in [4.69, 9.17) is 0 Å². The van der Waals surface area contributed by atoms with Gasteiger partial charge in [0, 0.05) is 6.04 Å². The lowest BCUT2D eigenvalue weighted by molar-refractivity contribution is -0.138. The normalized spacial score (nSPS) is 23.3. The fraction of sp³-hybridized carbons (Fsp3) is 0.562. The largest absolute Gasteiger partial charge is 0.416 e. The summed E-state index contributed by atoms with van der Waals surface area (Å²) >= 11 is 0. The van der Waals surface area contributed by atoms with Crippen molar-refractivity contribution in [2.75, 3.05) is 0 Å². The highest BCUT2D eigenvalue weighted by Crippen LogP contribution is 2.32. The molecule has 122 valence electrons. The number of carbonyl (C=O) groups excluding carboxylic acids is 1. The monoisotopic (exact) mass is 315 g/mol. The van der Waals surface area contributed by atoms with Crippen molar-refractivity contribution in [1.82, 2.24) is 5.32 Å². The van der Waals surface area contributed by atoms with Crippen LogP contribution in [0.5, 0.6) is 0 Å². The Morgan fingerprint density at radius 3 is 2.64 bits per heavy atom. The van der Waals surface area contributed by atoms with E-state index in [0.717, 1.165) is 12.5 Å². The first-order chi connectivity index (χ1) is 10.3. The Bertz CT molecular complexity index is 530. The number of alkyl halides is 3. The molecule has 1 aromatic rings. The molecule has 3 unspecified atom stereocenters. The number of aliphatic hydroxyl groups excluding tert-OH is 1. The summed E-state index contributed by atoms with van der Waals surface area (Å²) in [5.74, 6) is -0.720. The van der Waals surface area contributed by atoms with Gasteiger partial charge in [0.05, 0.1) is 17.6 Å².